The SMILES string of the molecule is CCC(Nc1ccsc1)/C(N)=N/O. The Morgan fingerprint density at radius 3 is 3.08 bits per heavy atom. The predicted molar refractivity (Wildman–Crippen MR) is 55.4 cm³/mol. The highest BCUT2D eigenvalue weighted by molar-refractivity contribution is 7.08. The van der Waals surface area contributed by atoms with Crippen molar-refractivity contribution >= 4 is 22.9 Å². The Bertz CT molecular complexity index is 271. The predicted octanol–water partition coefficient (Wildman–Crippen LogP) is 1.68. The first-order valence-corrected chi connectivity index (χ1v) is 4.98. The number of rotatable bonds is 4. The number of nitrogens with two attached hydrogens (primary N) is 1. The minimum atomic E-state index is -0.0976. The zero-order chi connectivity index (χ0) is 9.68. The molecule has 0 amide bonds. The molecule has 0 saturated heterocycles. The lowest BCUT2D eigenvalue weighted by molar-refractivity contribution is 0.316. The number of nitrogens with zero attached hydrogens (tertiary/aromatic N) is 1. The second-order valence-electron chi connectivity index (χ2n) is 2.64. The molecule has 1 aromatic heterocycles. The van der Waals surface area contributed by atoms with E-state index in [-0.39, 0.29) is 11.9 Å². The summed E-state index contributed by atoms with van der Waals surface area (Å²) in [7, 11) is 0. The van der Waals surface area contributed by atoms with E-state index < -0.39 is 0 Å². The van der Waals surface area contributed by atoms with E-state index in [9.17, 15) is 0 Å². The fraction of sp³-hybridized carbons (Fsp3) is 0.375. The Labute approximate surface area is 81.1 Å². The Kier molecular flexibility index (Phi) is 3.57. The third-order valence-electron chi connectivity index (χ3n) is 1.74. The largest absolute Gasteiger partial charge is 0.409 e. The van der Waals surface area contributed by atoms with Crippen molar-refractivity contribution in [2.24, 2.45) is 10.9 Å². The molecule has 1 heterocycles. The van der Waals surface area contributed by atoms with Gasteiger partial charge in [0.05, 0.1) is 6.04 Å². The van der Waals surface area contributed by atoms with Crippen LogP contribution in [-0.4, -0.2) is 17.1 Å². The molecule has 4 N–H and O–H groups in total. The van der Waals surface area contributed by atoms with Crippen molar-refractivity contribution in [2.45, 2.75) is 19.4 Å². The van der Waals surface area contributed by atoms with Crippen LogP contribution in [0.5, 0.6) is 0 Å². The van der Waals surface area contributed by atoms with Crippen LogP contribution in [0.1, 0.15) is 13.3 Å². The smallest absolute Gasteiger partial charge is 0.161 e. The lowest BCUT2D eigenvalue weighted by Gasteiger charge is -2.14. The van der Waals surface area contributed by atoms with Gasteiger partial charge in [-0.25, -0.2) is 0 Å². The summed E-state index contributed by atoms with van der Waals surface area (Å²) in [6.45, 7) is 1.97. The van der Waals surface area contributed by atoms with Crippen molar-refractivity contribution in [3.8, 4) is 0 Å². The molecule has 0 aromatic carbocycles. The first kappa shape index (κ1) is 9.85. The third kappa shape index (κ3) is 2.62. The van der Waals surface area contributed by atoms with E-state index in [0.717, 1.165) is 12.1 Å². The molecular weight excluding hydrogens is 186 g/mol. The highest BCUT2D eigenvalue weighted by Gasteiger charge is 2.10. The Morgan fingerprint density at radius 1 is 1.85 bits per heavy atom. The van der Waals surface area contributed by atoms with Crippen LogP contribution in [0.2, 0.25) is 0 Å². The summed E-state index contributed by atoms with van der Waals surface area (Å²) in [5.41, 5.74) is 6.49. The summed E-state index contributed by atoms with van der Waals surface area (Å²) in [4.78, 5) is 0. The second kappa shape index (κ2) is 4.71. The Balaban J connectivity index is 2.60. The normalized spacial score (nSPS) is 14.1. The molecular formula is C8H13N3OS. The van der Waals surface area contributed by atoms with Crippen LogP contribution in [0.4, 0.5) is 5.69 Å². The van der Waals surface area contributed by atoms with Crippen molar-refractivity contribution in [2.75, 3.05) is 5.32 Å². The quantitative estimate of drug-likeness (QED) is 0.299. The van der Waals surface area contributed by atoms with Crippen LogP contribution < -0.4 is 11.1 Å². The van der Waals surface area contributed by atoms with Gasteiger partial charge in [0.25, 0.3) is 0 Å². The van der Waals surface area contributed by atoms with Crippen LogP contribution >= 0.6 is 11.3 Å². The van der Waals surface area contributed by atoms with E-state index in [1.54, 1.807) is 11.3 Å². The highest BCUT2D eigenvalue weighted by atomic mass is 32.1. The van der Waals surface area contributed by atoms with Crippen LogP contribution in [0.15, 0.2) is 22.0 Å². The highest BCUT2D eigenvalue weighted by Crippen LogP contribution is 2.13. The number of anilines is 1. The molecule has 0 fully saturated rings. The molecule has 4 nitrogen and oxygen atoms in total. The molecule has 0 radical (unpaired) electrons. The lowest BCUT2D eigenvalue weighted by Crippen LogP contribution is -2.34. The summed E-state index contributed by atoms with van der Waals surface area (Å²) in [6.07, 6.45) is 0.783. The molecule has 0 aliphatic rings. The molecule has 0 bridgehead atoms. The van der Waals surface area contributed by atoms with Crippen molar-refractivity contribution in [3.63, 3.8) is 0 Å². The van der Waals surface area contributed by atoms with E-state index in [2.05, 4.69) is 10.5 Å². The number of hydrogen-bond donors (Lipinski definition) is 3. The molecule has 0 aliphatic carbocycles. The molecule has 0 saturated carbocycles. The standard InChI is InChI=1S/C8H13N3OS/c1-2-7(8(9)11-12)10-6-3-4-13-5-6/h3-5,7,10,12H,2H2,1H3,(H2,9,11). The van der Waals surface area contributed by atoms with Gasteiger partial charge in [-0.05, 0) is 17.9 Å². The first-order chi connectivity index (χ1) is 6.27. The molecule has 0 spiro atoms. The molecule has 13 heavy (non-hydrogen) atoms. The minimum Gasteiger partial charge on any atom is -0.409 e. The average molecular weight is 199 g/mol. The van der Waals surface area contributed by atoms with Crippen molar-refractivity contribution in [3.05, 3.63) is 16.8 Å². The minimum absolute atomic E-state index is 0.0976. The number of thiophene rings is 1. The van der Waals surface area contributed by atoms with Gasteiger partial charge in [0.15, 0.2) is 5.84 Å². The van der Waals surface area contributed by atoms with Gasteiger partial charge in [0.1, 0.15) is 0 Å². The van der Waals surface area contributed by atoms with E-state index >= 15 is 0 Å². The van der Waals surface area contributed by atoms with Crippen molar-refractivity contribution in [1.29, 1.82) is 0 Å². The topological polar surface area (TPSA) is 70.6 Å². The van der Waals surface area contributed by atoms with Crippen LogP contribution in [0.3, 0.4) is 0 Å². The zero-order valence-corrected chi connectivity index (χ0v) is 8.21. The summed E-state index contributed by atoms with van der Waals surface area (Å²) < 4.78 is 0. The Hall–Kier alpha value is -1.23. The van der Waals surface area contributed by atoms with Gasteiger partial charge in [-0.1, -0.05) is 12.1 Å². The first-order valence-electron chi connectivity index (χ1n) is 4.04. The van der Waals surface area contributed by atoms with Crippen molar-refractivity contribution < 1.29 is 5.21 Å². The van der Waals surface area contributed by atoms with Gasteiger partial charge < -0.3 is 16.3 Å². The maximum atomic E-state index is 8.49. The maximum Gasteiger partial charge on any atom is 0.161 e. The van der Waals surface area contributed by atoms with Gasteiger partial charge in [-0.2, -0.15) is 11.3 Å². The molecule has 1 aromatic rings. The lowest BCUT2D eigenvalue weighted by atomic mass is 10.2. The number of amidine groups is 1. The van der Waals surface area contributed by atoms with Crippen LogP contribution in [-0.2, 0) is 0 Å². The number of oxime groups is 1. The molecule has 1 rings (SSSR count). The zero-order valence-electron chi connectivity index (χ0n) is 7.40. The third-order valence-corrected chi connectivity index (χ3v) is 2.43. The van der Waals surface area contributed by atoms with Crippen LogP contribution in [0.25, 0.3) is 0 Å². The van der Waals surface area contributed by atoms with E-state index in [0.29, 0.717) is 0 Å². The van der Waals surface area contributed by atoms with Gasteiger partial charge in [-0.3, -0.25) is 0 Å². The summed E-state index contributed by atoms with van der Waals surface area (Å²) in [5, 5.41) is 18.6. The maximum absolute atomic E-state index is 8.49. The van der Waals surface area contributed by atoms with Gasteiger partial charge in [-0.15, -0.1) is 0 Å². The van der Waals surface area contributed by atoms with E-state index in [1.807, 2.05) is 23.8 Å². The fourth-order valence-electron chi connectivity index (χ4n) is 1.00. The molecule has 72 valence electrons. The summed E-state index contributed by atoms with van der Waals surface area (Å²) in [5.74, 6) is 0.216. The van der Waals surface area contributed by atoms with E-state index in [1.165, 1.54) is 0 Å². The van der Waals surface area contributed by atoms with Gasteiger partial charge in [0, 0.05) is 11.1 Å². The van der Waals surface area contributed by atoms with E-state index in [4.69, 9.17) is 10.9 Å². The molecule has 1 atom stereocenters. The van der Waals surface area contributed by atoms with Gasteiger partial charge in [0.2, 0.25) is 0 Å². The fourth-order valence-corrected chi connectivity index (χ4v) is 1.60. The molecule has 1 unspecified atom stereocenters. The van der Waals surface area contributed by atoms with Gasteiger partial charge >= 0.3 is 0 Å². The Morgan fingerprint density at radius 2 is 2.62 bits per heavy atom. The summed E-state index contributed by atoms with van der Waals surface area (Å²) >= 11 is 1.61. The average Bonchev–Trinajstić information content (AvgIpc) is 2.65. The number of hydrogen-bond acceptors (Lipinski definition) is 4. The molecule has 0 aliphatic heterocycles. The number of nitrogens with one attached hydrogen (secondary N) is 1. The summed E-state index contributed by atoms with van der Waals surface area (Å²) in [6, 6.07) is 1.86. The second-order valence-corrected chi connectivity index (χ2v) is 3.42. The van der Waals surface area contributed by atoms with Crippen molar-refractivity contribution in [1.82, 2.24) is 0 Å². The monoisotopic (exact) mass is 199 g/mol. The van der Waals surface area contributed by atoms with Crippen LogP contribution in [0, 0.1) is 0 Å². The molecule has 5 heteroatoms.